The van der Waals surface area contributed by atoms with Crippen molar-refractivity contribution in [2.45, 2.75) is 12.3 Å². The molecule has 1 atom stereocenters. The van der Waals surface area contributed by atoms with Gasteiger partial charge < -0.3 is 9.59 Å². The van der Waals surface area contributed by atoms with E-state index in [-0.39, 0.29) is 5.92 Å². The molecule has 1 aliphatic rings. The number of carbonyl (C=O) groups is 2. The zero-order valence-electron chi connectivity index (χ0n) is 7.14. The molecular formula is C11H10O2. The van der Waals surface area contributed by atoms with E-state index in [1.54, 1.807) is 0 Å². The Morgan fingerprint density at radius 3 is 2.23 bits per heavy atom. The molecule has 13 heavy (non-hydrogen) atoms. The fraction of sp³-hybridized carbons (Fsp3) is 0.273. The second-order valence-electron chi connectivity index (χ2n) is 3.52. The summed E-state index contributed by atoms with van der Waals surface area (Å²) in [6, 6.07) is 9.69. The first kappa shape index (κ1) is 8.17. The van der Waals surface area contributed by atoms with Gasteiger partial charge in [-0.2, -0.15) is 0 Å². The minimum absolute atomic E-state index is 0.115. The molecule has 66 valence electrons. The van der Waals surface area contributed by atoms with Gasteiger partial charge in [-0.3, -0.25) is 0 Å². The third-order valence-electron chi connectivity index (χ3n) is 2.69. The van der Waals surface area contributed by atoms with E-state index in [4.69, 9.17) is 0 Å². The molecule has 0 aromatic heterocycles. The molecule has 1 saturated carbocycles. The first-order valence-electron chi connectivity index (χ1n) is 4.30. The summed E-state index contributed by atoms with van der Waals surface area (Å²) < 4.78 is 0. The summed E-state index contributed by atoms with van der Waals surface area (Å²) in [4.78, 5) is 21.3. The lowest BCUT2D eigenvalue weighted by Crippen LogP contribution is -2.06. The van der Waals surface area contributed by atoms with Crippen molar-refractivity contribution in [2.75, 3.05) is 0 Å². The minimum Gasteiger partial charge on any atom is -0.302 e. The molecule has 0 spiro atoms. The predicted molar refractivity (Wildman–Crippen MR) is 48.4 cm³/mol. The average molecular weight is 174 g/mol. The largest absolute Gasteiger partial charge is 0.302 e. The maximum Gasteiger partial charge on any atom is 0.133 e. The van der Waals surface area contributed by atoms with Crippen molar-refractivity contribution < 1.29 is 9.59 Å². The van der Waals surface area contributed by atoms with Gasteiger partial charge in [0.05, 0.1) is 5.41 Å². The predicted octanol–water partition coefficient (Wildman–Crippen LogP) is 1.56. The van der Waals surface area contributed by atoms with Gasteiger partial charge in [0.25, 0.3) is 0 Å². The van der Waals surface area contributed by atoms with Gasteiger partial charge in [-0.05, 0) is 12.0 Å². The molecule has 1 aromatic rings. The van der Waals surface area contributed by atoms with Gasteiger partial charge in [-0.1, -0.05) is 30.3 Å². The normalized spacial score (nSPS) is 23.5. The summed E-state index contributed by atoms with van der Waals surface area (Å²) in [7, 11) is 0. The van der Waals surface area contributed by atoms with Crippen molar-refractivity contribution in [3.8, 4) is 0 Å². The van der Waals surface area contributed by atoms with Crippen LogP contribution in [0.5, 0.6) is 0 Å². The number of aldehydes is 2. The number of benzene rings is 1. The lowest BCUT2D eigenvalue weighted by atomic mass is 10.0. The van der Waals surface area contributed by atoms with Crippen LogP contribution < -0.4 is 0 Å². The van der Waals surface area contributed by atoms with Crippen molar-refractivity contribution in [1.82, 2.24) is 0 Å². The van der Waals surface area contributed by atoms with Crippen molar-refractivity contribution in [1.29, 1.82) is 0 Å². The molecule has 1 aromatic carbocycles. The highest BCUT2D eigenvalue weighted by Gasteiger charge is 2.55. The van der Waals surface area contributed by atoms with Gasteiger partial charge in [0.15, 0.2) is 0 Å². The summed E-state index contributed by atoms with van der Waals surface area (Å²) in [6.07, 6.45) is 2.22. The van der Waals surface area contributed by atoms with E-state index in [0.29, 0.717) is 6.42 Å². The Morgan fingerprint density at radius 1 is 1.15 bits per heavy atom. The van der Waals surface area contributed by atoms with Gasteiger partial charge in [-0.25, -0.2) is 0 Å². The molecule has 2 nitrogen and oxygen atoms in total. The SMILES string of the molecule is O=CC1(C=O)C[C@H]1c1ccccc1. The Bertz CT molecular complexity index is 321. The highest BCUT2D eigenvalue weighted by Crippen LogP contribution is 2.56. The van der Waals surface area contributed by atoms with Gasteiger partial charge in [0, 0.05) is 5.92 Å². The molecule has 0 aliphatic heterocycles. The third-order valence-corrected chi connectivity index (χ3v) is 2.69. The molecule has 0 bridgehead atoms. The maximum absolute atomic E-state index is 10.7. The number of rotatable bonds is 3. The molecule has 1 fully saturated rings. The van der Waals surface area contributed by atoms with Crippen LogP contribution in [0.25, 0.3) is 0 Å². The van der Waals surface area contributed by atoms with E-state index in [0.717, 1.165) is 18.1 Å². The molecule has 2 heteroatoms. The Morgan fingerprint density at radius 2 is 1.77 bits per heavy atom. The lowest BCUT2D eigenvalue weighted by molar-refractivity contribution is -0.121. The van der Waals surface area contributed by atoms with E-state index in [1.165, 1.54) is 0 Å². The van der Waals surface area contributed by atoms with Crippen LogP contribution in [0.2, 0.25) is 0 Å². The lowest BCUT2D eigenvalue weighted by Gasteiger charge is -2.00. The summed E-state index contributed by atoms with van der Waals surface area (Å²) in [5.41, 5.74) is 0.378. The van der Waals surface area contributed by atoms with Crippen LogP contribution in [0.3, 0.4) is 0 Å². The van der Waals surface area contributed by atoms with Gasteiger partial charge >= 0.3 is 0 Å². The molecule has 0 heterocycles. The monoisotopic (exact) mass is 174 g/mol. The third kappa shape index (κ3) is 1.18. The van der Waals surface area contributed by atoms with Crippen LogP contribution >= 0.6 is 0 Å². The van der Waals surface area contributed by atoms with E-state index >= 15 is 0 Å². The van der Waals surface area contributed by atoms with Crippen LogP contribution in [-0.4, -0.2) is 12.6 Å². The quantitative estimate of drug-likeness (QED) is 0.514. The fourth-order valence-corrected chi connectivity index (χ4v) is 1.70. The van der Waals surface area contributed by atoms with E-state index in [9.17, 15) is 9.59 Å². The van der Waals surface area contributed by atoms with Crippen molar-refractivity contribution in [3.05, 3.63) is 35.9 Å². The summed E-state index contributed by atoms with van der Waals surface area (Å²) >= 11 is 0. The molecule has 0 N–H and O–H groups in total. The molecule has 1 aliphatic carbocycles. The van der Waals surface area contributed by atoms with Crippen LogP contribution in [-0.2, 0) is 9.59 Å². The molecule has 0 unspecified atom stereocenters. The highest BCUT2D eigenvalue weighted by molar-refractivity contribution is 5.90. The molecule has 0 radical (unpaired) electrons. The smallest absolute Gasteiger partial charge is 0.133 e. The Labute approximate surface area is 76.6 Å². The summed E-state index contributed by atoms with van der Waals surface area (Å²) in [5.74, 6) is 0.115. The summed E-state index contributed by atoms with van der Waals surface area (Å²) in [6.45, 7) is 0. The molecule has 0 saturated heterocycles. The Balaban J connectivity index is 2.24. The summed E-state index contributed by atoms with van der Waals surface area (Å²) in [5, 5.41) is 0. The topological polar surface area (TPSA) is 34.1 Å². The van der Waals surface area contributed by atoms with Crippen LogP contribution in [0.4, 0.5) is 0 Å². The average Bonchev–Trinajstić information content (AvgIpc) is 2.95. The van der Waals surface area contributed by atoms with Gasteiger partial charge in [0.2, 0.25) is 0 Å². The van der Waals surface area contributed by atoms with Gasteiger partial charge in [-0.15, -0.1) is 0 Å². The van der Waals surface area contributed by atoms with Gasteiger partial charge in [0.1, 0.15) is 12.6 Å². The molecule has 0 amide bonds. The maximum atomic E-state index is 10.7. The number of carbonyl (C=O) groups excluding carboxylic acids is 2. The molecule has 2 rings (SSSR count). The highest BCUT2D eigenvalue weighted by atomic mass is 16.1. The first-order chi connectivity index (χ1) is 6.32. The zero-order valence-corrected chi connectivity index (χ0v) is 7.14. The van der Waals surface area contributed by atoms with E-state index in [2.05, 4.69) is 0 Å². The van der Waals surface area contributed by atoms with E-state index < -0.39 is 5.41 Å². The Kier molecular flexibility index (Phi) is 1.76. The Hall–Kier alpha value is -1.44. The van der Waals surface area contributed by atoms with Crippen molar-refractivity contribution in [3.63, 3.8) is 0 Å². The van der Waals surface area contributed by atoms with Crippen molar-refractivity contribution >= 4 is 12.6 Å². The fourth-order valence-electron chi connectivity index (χ4n) is 1.70. The first-order valence-corrected chi connectivity index (χ1v) is 4.30. The van der Waals surface area contributed by atoms with E-state index in [1.807, 2.05) is 30.3 Å². The number of hydrogen-bond donors (Lipinski definition) is 0. The second-order valence-corrected chi connectivity index (χ2v) is 3.52. The van der Waals surface area contributed by atoms with Crippen LogP contribution in [0.1, 0.15) is 17.9 Å². The minimum atomic E-state index is -0.707. The van der Waals surface area contributed by atoms with Crippen LogP contribution in [0.15, 0.2) is 30.3 Å². The number of hydrogen-bond acceptors (Lipinski definition) is 2. The van der Waals surface area contributed by atoms with Crippen molar-refractivity contribution in [2.24, 2.45) is 5.41 Å². The second kappa shape index (κ2) is 2.80. The standard InChI is InChI=1S/C11H10O2/c12-7-11(8-13)6-10(11)9-4-2-1-3-5-9/h1-5,7-8,10H,6H2/t10-/m0/s1. The zero-order chi connectivity index (χ0) is 9.31. The molecular weight excluding hydrogens is 164 g/mol. The van der Waals surface area contributed by atoms with Crippen LogP contribution in [0, 0.1) is 5.41 Å².